The Kier molecular flexibility index (Phi) is 5.31. The number of hydrogen-bond acceptors (Lipinski definition) is 4. The number of pyridine rings is 1. The average Bonchev–Trinajstić information content (AvgIpc) is 2.48. The van der Waals surface area contributed by atoms with Crippen LogP contribution in [0.4, 0.5) is 5.69 Å². The normalized spacial score (nSPS) is 17.7. The second kappa shape index (κ2) is 7.00. The summed E-state index contributed by atoms with van der Waals surface area (Å²) in [6.45, 7) is 5.41. The predicted molar refractivity (Wildman–Crippen MR) is 81.1 cm³/mol. The lowest BCUT2D eigenvalue weighted by Crippen LogP contribution is -2.36. The molecule has 1 N–H and O–H groups in total. The maximum Gasteiger partial charge on any atom is 0.224 e. The van der Waals surface area contributed by atoms with Gasteiger partial charge in [0.1, 0.15) is 5.60 Å². The zero-order valence-electron chi connectivity index (χ0n) is 13.0. The Morgan fingerprint density at radius 3 is 2.67 bits per heavy atom. The fourth-order valence-corrected chi connectivity index (χ4v) is 2.59. The number of nitrogens with one attached hydrogen (secondary N) is 1. The Morgan fingerprint density at radius 1 is 1.43 bits per heavy atom. The summed E-state index contributed by atoms with van der Waals surface area (Å²) in [4.78, 5) is 16.2. The van der Waals surface area contributed by atoms with Gasteiger partial charge in [-0.25, -0.2) is 0 Å². The molecule has 0 bridgehead atoms. The number of carbonyl (C=O) groups is 1. The van der Waals surface area contributed by atoms with Crippen molar-refractivity contribution in [2.75, 3.05) is 25.6 Å². The Hall–Kier alpha value is -1.46. The summed E-state index contributed by atoms with van der Waals surface area (Å²) in [6, 6.07) is 3.82. The van der Waals surface area contributed by atoms with Crippen molar-refractivity contribution in [3.8, 4) is 0 Å². The van der Waals surface area contributed by atoms with Crippen LogP contribution in [0.15, 0.2) is 18.3 Å². The van der Waals surface area contributed by atoms with Crippen molar-refractivity contribution in [3.63, 3.8) is 0 Å². The largest absolute Gasteiger partial charge is 0.381 e. The zero-order chi connectivity index (χ0) is 15.3. The first-order chi connectivity index (χ1) is 10.1. The summed E-state index contributed by atoms with van der Waals surface area (Å²) in [5.74, 6) is 0.364. The highest BCUT2D eigenvalue weighted by atomic mass is 16.5. The van der Waals surface area contributed by atoms with Crippen LogP contribution in [0.1, 0.15) is 38.8 Å². The first-order valence-corrected chi connectivity index (χ1v) is 7.45. The number of anilines is 1. The van der Waals surface area contributed by atoms with Gasteiger partial charge in [0.05, 0.1) is 17.6 Å². The fraction of sp³-hybridized carbons (Fsp3) is 0.625. The minimum absolute atomic E-state index is 0.0204. The topological polar surface area (TPSA) is 60.5 Å². The van der Waals surface area contributed by atoms with Gasteiger partial charge in [-0.05, 0) is 18.1 Å². The molecule has 1 aromatic heterocycles. The van der Waals surface area contributed by atoms with Crippen LogP contribution >= 0.6 is 0 Å². The van der Waals surface area contributed by atoms with E-state index in [1.807, 2.05) is 26.0 Å². The molecule has 0 unspecified atom stereocenters. The van der Waals surface area contributed by atoms with Crippen LogP contribution in [-0.4, -0.2) is 31.2 Å². The van der Waals surface area contributed by atoms with Gasteiger partial charge in [0, 0.05) is 39.6 Å². The van der Waals surface area contributed by atoms with Crippen molar-refractivity contribution < 1.29 is 14.3 Å². The molecule has 1 aliphatic heterocycles. The smallest absolute Gasteiger partial charge is 0.224 e. The number of methoxy groups -OCH3 is 1. The molecule has 1 aromatic rings. The molecule has 5 heteroatoms. The van der Waals surface area contributed by atoms with E-state index in [1.165, 1.54) is 0 Å². The molecule has 1 amide bonds. The van der Waals surface area contributed by atoms with Crippen molar-refractivity contribution in [3.05, 3.63) is 24.0 Å². The van der Waals surface area contributed by atoms with Gasteiger partial charge in [0.2, 0.25) is 5.91 Å². The Morgan fingerprint density at radius 2 is 2.14 bits per heavy atom. The molecule has 5 nitrogen and oxygen atoms in total. The van der Waals surface area contributed by atoms with Crippen molar-refractivity contribution in [2.45, 2.75) is 38.7 Å². The average molecular weight is 292 g/mol. The first-order valence-electron chi connectivity index (χ1n) is 7.45. The van der Waals surface area contributed by atoms with E-state index in [2.05, 4.69) is 10.3 Å². The highest BCUT2D eigenvalue weighted by Crippen LogP contribution is 2.34. The van der Waals surface area contributed by atoms with Gasteiger partial charge in [0.15, 0.2) is 0 Å². The lowest BCUT2D eigenvalue weighted by molar-refractivity contribution is -0.116. The molecule has 2 heterocycles. The van der Waals surface area contributed by atoms with Crippen LogP contribution in [0, 0.1) is 5.92 Å². The number of carbonyl (C=O) groups excluding carboxylic acids is 1. The van der Waals surface area contributed by atoms with Gasteiger partial charge in [-0.2, -0.15) is 0 Å². The molecule has 0 spiro atoms. The van der Waals surface area contributed by atoms with Crippen LogP contribution in [-0.2, 0) is 19.9 Å². The van der Waals surface area contributed by atoms with E-state index in [1.54, 1.807) is 13.3 Å². The van der Waals surface area contributed by atoms with E-state index < -0.39 is 0 Å². The van der Waals surface area contributed by atoms with E-state index in [4.69, 9.17) is 9.47 Å². The summed E-state index contributed by atoms with van der Waals surface area (Å²) >= 11 is 0. The second-order valence-electron chi connectivity index (χ2n) is 5.89. The number of nitrogens with zero attached hydrogens (tertiary/aromatic N) is 1. The Balaban J connectivity index is 2.05. The molecule has 1 fully saturated rings. The van der Waals surface area contributed by atoms with Gasteiger partial charge in [-0.3, -0.25) is 9.78 Å². The highest BCUT2D eigenvalue weighted by molar-refractivity contribution is 5.90. The molecule has 1 saturated heterocycles. The summed E-state index contributed by atoms with van der Waals surface area (Å²) in [5.41, 5.74) is 1.26. The molecule has 0 saturated carbocycles. The SMILES string of the molecule is COC1(c2ccc(NC(=O)CC(C)C)cn2)CCOCC1. The van der Waals surface area contributed by atoms with Gasteiger partial charge < -0.3 is 14.8 Å². The van der Waals surface area contributed by atoms with Crippen molar-refractivity contribution in [1.82, 2.24) is 4.98 Å². The summed E-state index contributed by atoms with van der Waals surface area (Å²) < 4.78 is 11.1. The predicted octanol–water partition coefficient (Wildman–Crippen LogP) is 2.72. The Bertz CT molecular complexity index is 465. The number of amides is 1. The monoisotopic (exact) mass is 292 g/mol. The molecule has 2 rings (SSSR count). The lowest BCUT2D eigenvalue weighted by atomic mass is 9.90. The molecule has 0 radical (unpaired) electrons. The quantitative estimate of drug-likeness (QED) is 0.906. The standard InChI is InChI=1S/C16H24N2O3/c1-12(2)10-15(19)18-13-4-5-14(17-11-13)16(20-3)6-8-21-9-7-16/h4-5,11-12H,6-10H2,1-3H3,(H,18,19). The van der Waals surface area contributed by atoms with Crippen molar-refractivity contribution >= 4 is 11.6 Å². The van der Waals surface area contributed by atoms with Crippen LogP contribution in [0.2, 0.25) is 0 Å². The maximum absolute atomic E-state index is 11.7. The molecule has 21 heavy (non-hydrogen) atoms. The fourth-order valence-electron chi connectivity index (χ4n) is 2.59. The van der Waals surface area contributed by atoms with Crippen LogP contribution in [0.3, 0.4) is 0 Å². The van der Waals surface area contributed by atoms with Gasteiger partial charge in [-0.15, -0.1) is 0 Å². The molecular formula is C16H24N2O3. The molecule has 1 aliphatic rings. The third-order valence-electron chi connectivity index (χ3n) is 3.80. The summed E-state index contributed by atoms with van der Waals surface area (Å²) in [7, 11) is 1.71. The molecule has 0 aliphatic carbocycles. The molecular weight excluding hydrogens is 268 g/mol. The van der Waals surface area contributed by atoms with Crippen molar-refractivity contribution in [1.29, 1.82) is 0 Å². The third-order valence-corrected chi connectivity index (χ3v) is 3.80. The highest BCUT2D eigenvalue weighted by Gasteiger charge is 2.35. The van der Waals surface area contributed by atoms with Gasteiger partial charge in [0.25, 0.3) is 0 Å². The molecule has 0 atom stereocenters. The number of aromatic nitrogens is 1. The van der Waals surface area contributed by atoms with E-state index in [-0.39, 0.29) is 11.5 Å². The zero-order valence-corrected chi connectivity index (χ0v) is 13.0. The van der Waals surface area contributed by atoms with E-state index in [9.17, 15) is 4.79 Å². The lowest BCUT2D eigenvalue weighted by Gasteiger charge is -2.35. The number of rotatable bonds is 5. The molecule has 116 valence electrons. The van der Waals surface area contributed by atoms with Crippen LogP contribution < -0.4 is 5.32 Å². The van der Waals surface area contributed by atoms with Gasteiger partial charge >= 0.3 is 0 Å². The third kappa shape index (κ3) is 4.02. The minimum Gasteiger partial charge on any atom is -0.381 e. The minimum atomic E-state index is -0.362. The number of hydrogen-bond donors (Lipinski definition) is 1. The molecule has 0 aromatic carbocycles. The second-order valence-corrected chi connectivity index (χ2v) is 5.89. The van der Waals surface area contributed by atoms with Gasteiger partial charge in [-0.1, -0.05) is 13.8 Å². The van der Waals surface area contributed by atoms with E-state index >= 15 is 0 Å². The number of ether oxygens (including phenoxy) is 2. The van der Waals surface area contributed by atoms with E-state index in [0.29, 0.717) is 25.6 Å². The van der Waals surface area contributed by atoms with E-state index in [0.717, 1.165) is 24.2 Å². The summed E-state index contributed by atoms with van der Waals surface area (Å²) in [6.07, 6.45) is 3.82. The Labute approximate surface area is 126 Å². The van der Waals surface area contributed by atoms with Crippen molar-refractivity contribution in [2.24, 2.45) is 5.92 Å². The van der Waals surface area contributed by atoms with Crippen LogP contribution in [0.25, 0.3) is 0 Å². The first kappa shape index (κ1) is 15.9. The maximum atomic E-state index is 11.7. The summed E-state index contributed by atoms with van der Waals surface area (Å²) in [5, 5.41) is 2.87. The van der Waals surface area contributed by atoms with Crippen LogP contribution in [0.5, 0.6) is 0 Å².